The first kappa shape index (κ1) is 27.4. The molecule has 0 saturated carbocycles. The number of carbonyl (C=O) groups excluding carboxylic acids is 1. The van der Waals surface area contributed by atoms with E-state index in [-0.39, 0.29) is 28.7 Å². The lowest BCUT2D eigenvalue weighted by Gasteiger charge is -2.33. The van der Waals surface area contributed by atoms with Crippen molar-refractivity contribution in [2.24, 2.45) is 0 Å². The smallest absolute Gasteiger partial charge is 0.319 e. The van der Waals surface area contributed by atoms with E-state index in [1.807, 2.05) is 11.8 Å². The second-order valence-corrected chi connectivity index (χ2v) is 11.2. The van der Waals surface area contributed by atoms with E-state index < -0.39 is 27.8 Å². The molecule has 1 aliphatic rings. The fourth-order valence-electron chi connectivity index (χ4n) is 4.04. The molecule has 2 heterocycles. The number of aromatic nitrogens is 2. The summed E-state index contributed by atoms with van der Waals surface area (Å²) in [6, 6.07) is 11.5. The highest BCUT2D eigenvalue weighted by Crippen LogP contribution is 2.32. The number of carbonyl (C=O) groups is 1. The van der Waals surface area contributed by atoms with Crippen molar-refractivity contribution in [1.29, 1.82) is 0 Å². The molecule has 10 nitrogen and oxygen atoms in total. The highest BCUT2D eigenvalue weighted by molar-refractivity contribution is 7.90. The Bertz CT molecular complexity index is 1420. The van der Waals surface area contributed by atoms with Gasteiger partial charge in [0.15, 0.2) is 9.84 Å². The third-order valence-electron chi connectivity index (χ3n) is 5.95. The van der Waals surface area contributed by atoms with Gasteiger partial charge in [0.1, 0.15) is 5.82 Å². The zero-order chi connectivity index (χ0) is 27.4. The molecule has 2 amide bonds. The second-order valence-electron chi connectivity index (χ2n) is 9.23. The van der Waals surface area contributed by atoms with Gasteiger partial charge in [-0.2, -0.15) is 0 Å². The van der Waals surface area contributed by atoms with E-state index in [1.54, 1.807) is 37.3 Å². The molecule has 38 heavy (non-hydrogen) atoms. The largest absolute Gasteiger partial charge is 0.392 e. The summed E-state index contributed by atoms with van der Waals surface area (Å²) in [7, 11) is -3.67. The van der Waals surface area contributed by atoms with Gasteiger partial charge in [-0.15, -0.1) is 0 Å². The Balaban J connectivity index is 1.75. The van der Waals surface area contributed by atoms with Crippen LogP contribution >= 0.6 is 0 Å². The van der Waals surface area contributed by atoms with Crippen LogP contribution < -0.4 is 15.5 Å². The summed E-state index contributed by atoms with van der Waals surface area (Å²) in [5.74, 6) is -0.213. The number of aliphatic hydroxyl groups is 1. The number of rotatable bonds is 7. The van der Waals surface area contributed by atoms with Crippen LogP contribution in [0.25, 0.3) is 22.5 Å². The zero-order valence-corrected chi connectivity index (χ0v) is 22.1. The molecular weight excluding hydrogens is 513 g/mol. The van der Waals surface area contributed by atoms with Gasteiger partial charge in [0.2, 0.25) is 5.95 Å². The minimum absolute atomic E-state index is 0.0273. The lowest BCUT2D eigenvalue weighted by molar-refractivity contribution is 0.0981. The van der Waals surface area contributed by atoms with Crippen LogP contribution in [0.5, 0.6) is 0 Å². The second kappa shape index (κ2) is 11.4. The van der Waals surface area contributed by atoms with E-state index in [0.717, 1.165) is 18.4 Å². The first-order chi connectivity index (χ1) is 18.0. The molecule has 0 spiro atoms. The van der Waals surface area contributed by atoms with Crippen molar-refractivity contribution in [2.45, 2.75) is 30.9 Å². The van der Waals surface area contributed by atoms with Crippen LogP contribution in [-0.2, 0) is 14.6 Å². The van der Waals surface area contributed by atoms with Gasteiger partial charge in [0.05, 0.1) is 41.6 Å². The summed E-state index contributed by atoms with van der Waals surface area (Å²) in [6.45, 7) is 5.17. The van der Waals surface area contributed by atoms with Crippen LogP contribution in [0.15, 0.2) is 53.4 Å². The molecule has 2 aromatic carbocycles. The van der Waals surface area contributed by atoms with Gasteiger partial charge in [-0.05, 0) is 50.2 Å². The molecule has 0 bridgehead atoms. The molecule has 2 atom stereocenters. The molecule has 1 saturated heterocycles. The van der Waals surface area contributed by atoms with Gasteiger partial charge >= 0.3 is 6.03 Å². The number of nitrogens with zero attached hydrogens (tertiary/aromatic N) is 3. The summed E-state index contributed by atoms with van der Waals surface area (Å²) < 4.78 is 44.8. The Morgan fingerprint density at radius 3 is 2.55 bits per heavy atom. The molecule has 202 valence electrons. The van der Waals surface area contributed by atoms with E-state index in [4.69, 9.17) is 9.72 Å². The van der Waals surface area contributed by atoms with Crippen molar-refractivity contribution < 1.29 is 27.4 Å². The standard InChI is InChI=1S/C26H30FN5O5S/c1-16-15-37-11-10-32(16)25-30-22(18-4-7-20(8-5-18)29-26(34)28-14-17(2)33)13-23(31-25)21-12-19(27)6-9-24(21)38(3,35)36/h4-9,12-13,16-17,33H,10-11,14-15H2,1-3H3,(H2,28,29,34)/t16-,17+/m0/s1. The number of benzene rings is 2. The maximum atomic E-state index is 14.3. The summed E-state index contributed by atoms with van der Waals surface area (Å²) >= 11 is 0. The Morgan fingerprint density at radius 2 is 1.89 bits per heavy atom. The first-order valence-corrected chi connectivity index (χ1v) is 14.0. The highest BCUT2D eigenvalue weighted by atomic mass is 32.2. The van der Waals surface area contributed by atoms with Crippen LogP contribution in [0.1, 0.15) is 13.8 Å². The summed E-state index contributed by atoms with van der Waals surface area (Å²) in [5, 5.41) is 14.6. The van der Waals surface area contributed by atoms with Crippen molar-refractivity contribution in [3.63, 3.8) is 0 Å². The number of hydrogen-bond acceptors (Lipinski definition) is 8. The normalized spacial score (nSPS) is 16.7. The molecular formula is C26H30FN5O5S. The molecule has 0 radical (unpaired) electrons. The van der Waals surface area contributed by atoms with E-state index in [9.17, 15) is 22.7 Å². The fourth-order valence-corrected chi connectivity index (χ4v) is 4.92. The number of halogens is 1. The quantitative estimate of drug-likeness (QED) is 0.387. The number of sulfone groups is 1. The number of ether oxygens (including phenoxy) is 1. The third kappa shape index (κ3) is 6.63. The molecule has 4 rings (SSSR count). The predicted octanol–water partition coefficient (Wildman–Crippen LogP) is 3.08. The summed E-state index contributed by atoms with van der Waals surface area (Å²) in [5.41, 5.74) is 2.12. The van der Waals surface area contributed by atoms with Crippen molar-refractivity contribution in [3.8, 4) is 22.5 Å². The summed E-state index contributed by atoms with van der Waals surface area (Å²) in [6.07, 6.45) is 0.402. The first-order valence-electron chi connectivity index (χ1n) is 12.1. The van der Waals surface area contributed by atoms with Crippen LogP contribution in [0, 0.1) is 5.82 Å². The van der Waals surface area contributed by atoms with Crippen molar-refractivity contribution in [2.75, 3.05) is 42.8 Å². The third-order valence-corrected chi connectivity index (χ3v) is 7.11. The van der Waals surface area contributed by atoms with E-state index >= 15 is 0 Å². The molecule has 1 aliphatic heterocycles. The SMILES string of the molecule is C[C@@H](O)CNC(=O)Nc1ccc(-c2cc(-c3cc(F)ccc3S(C)(=O)=O)nc(N3CCOC[C@@H]3C)n2)cc1. The number of hydrogen-bond donors (Lipinski definition) is 3. The van der Waals surface area contributed by atoms with Crippen LogP contribution in [0.2, 0.25) is 0 Å². The van der Waals surface area contributed by atoms with E-state index in [0.29, 0.717) is 42.7 Å². The van der Waals surface area contributed by atoms with Crippen LogP contribution in [0.3, 0.4) is 0 Å². The fraction of sp³-hybridized carbons (Fsp3) is 0.346. The monoisotopic (exact) mass is 543 g/mol. The van der Waals surface area contributed by atoms with Gasteiger partial charge in [0.25, 0.3) is 0 Å². The lowest BCUT2D eigenvalue weighted by Crippen LogP contribution is -2.44. The maximum Gasteiger partial charge on any atom is 0.319 e. The topological polar surface area (TPSA) is 134 Å². The zero-order valence-electron chi connectivity index (χ0n) is 21.3. The van der Waals surface area contributed by atoms with Gasteiger partial charge in [-0.3, -0.25) is 0 Å². The minimum Gasteiger partial charge on any atom is -0.392 e. The Labute approximate surface area is 220 Å². The van der Waals surface area contributed by atoms with Crippen molar-refractivity contribution >= 4 is 27.5 Å². The summed E-state index contributed by atoms with van der Waals surface area (Å²) in [4.78, 5) is 23.3. The molecule has 1 fully saturated rings. The minimum atomic E-state index is -3.67. The Hall–Kier alpha value is -3.61. The van der Waals surface area contributed by atoms with Crippen LogP contribution in [0.4, 0.5) is 20.8 Å². The van der Waals surface area contributed by atoms with E-state index in [2.05, 4.69) is 15.6 Å². The van der Waals surface area contributed by atoms with Crippen molar-refractivity contribution in [1.82, 2.24) is 15.3 Å². The van der Waals surface area contributed by atoms with Gasteiger partial charge in [-0.25, -0.2) is 27.6 Å². The molecule has 0 aliphatic carbocycles. The molecule has 3 aromatic rings. The highest BCUT2D eigenvalue weighted by Gasteiger charge is 2.24. The van der Waals surface area contributed by atoms with Crippen LogP contribution in [-0.4, -0.2) is 74.2 Å². The average molecular weight is 544 g/mol. The number of nitrogens with one attached hydrogen (secondary N) is 2. The molecule has 1 aromatic heterocycles. The molecule has 3 N–H and O–H groups in total. The van der Waals surface area contributed by atoms with Crippen molar-refractivity contribution in [3.05, 3.63) is 54.3 Å². The number of urea groups is 1. The van der Waals surface area contributed by atoms with Gasteiger partial charge in [0, 0.05) is 36.2 Å². The number of anilines is 2. The molecule has 12 heteroatoms. The maximum absolute atomic E-state index is 14.3. The Morgan fingerprint density at radius 1 is 1.18 bits per heavy atom. The van der Waals surface area contributed by atoms with Gasteiger partial charge < -0.3 is 25.4 Å². The average Bonchev–Trinajstić information content (AvgIpc) is 2.87. The lowest BCUT2D eigenvalue weighted by atomic mass is 10.1. The number of amides is 2. The van der Waals surface area contributed by atoms with E-state index in [1.165, 1.54) is 6.07 Å². The molecule has 0 unspecified atom stereocenters. The number of aliphatic hydroxyl groups excluding tert-OH is 1. The Kier molecular flexibility index (Phi) is 8.24. The van der Waals surface area contributed by atoms with Gasteiger partial charge in [-0.1, -0.05) is 12.1 Å². The number of morpholine rings is 1. The predicted molar refractivity (Wildman–Crippen MR) is 142 cm³/mol.